The van der Waals surface area contributed by atoms with Crippen LogP contribution in [0.25, 0.3) is 11.1 Å². The number of hydrogen-bond donors (Lipinski definition) is 1. The van der Waals surface area contributed by atoms with E-state index in [0.717, 1.165) is 16.9 Å². The smallest absolute Gasteiger partial charge is 0.224 e. The number of anilines is 1. The molecule has 1 heterocycles. The van der Waals surface area contributed by atoms with Crippen molar-refractivity contribution in [2.24, 2.45) is 0 Å². The van der Waals surface area contributed by atoms with E-state index in [-0.39, 0.29) is 5.28 Å². The molecule has 0 unspecified atom stereocenters. The van der Waals surface area contributed by atoms with Crippen LogP contribution in [0.1, 0.15) is 0 Å². The van der Waals surface area contributed by atoms with E-state index in [4.69, 9.17) is 22.1 Å². The van der Waals surface area contributed by atoms with Gasteiger partial charge in [0.25, 0.3) is 0 Å². The van der Waals surface area contributed by atoms with Crippen molar-refractivity contribution in [1.29, 1.82) is 0 Å². The second kappa shape index (κ2) is 4.37. The monoisotopic (exact) mass is 235 g/mol. The molecule has 0 atom stereocenters. The maximum Gasteiger partial charge on any atom is 0.224 e. The van der Waals surface area contributed by atoms with Crippen LogP contribution in [0.4, 0.5) is 5.82 Å². The topological polar surface area (TPSA) is 61.0 Å². The van der Waals surface area contributed by atoms with Crippen molar-refractivity contribution < 1.29 is 4.74 Å². The van der Waals surface area contributed by atoms with Crippen LogP contribution in [0.2, 0.25) is 5.28 Å². The summed E-state index contributed by atoms with van der Waals surface area (Å²) in [5.41, 5.74) is 7.44. The van der Waals surface area contributed by atoms with E-state index in [2.05, 4.69) is 9.97 Å². The lowest BCUT2D eigenvalue weighted by Gasteiger charge is -2.05. The summed E-state index contributed by atoms with van der Waals surface area (Å²) in [6.45, 7) is 0. The molecule has 0 saturated heterocycles. The molecule has 4 nitrogen and oxygen atoms in total. The van der Waals surface area contributed by atoms with Gasteiger partial charge in [0, 0.05) is 11.8 Å². The first-order valence-corrected chi connectivity index (χ1v) is 5.01. The van der Waals surface area contributed by atoms with Gasteiger partial charge in [-0.2, -0.15) is 0 Å². The number of halogens is 1. The average Bonchev–Trinajstić information content (AvgIpc) is 2.29. The fourth-order valence-corrected chi connectivity index (χ4v) is 1.51. The molecule has 0 saturated carbocycles. The average molecular weight is 236 g/mol. The molecule has 0 amide bonds. The minimum absolute atomic E-state index is 0.148. The molecule has 82 valence electrons. The Balaban J connectivity index is 2.42. The molecule has 0 aliphatic rings. The molecular weight excluding hydrogens is 226 g/mol. The van der Waals surface area contributed by atoms with Crippen molar-refractivity contribution in [2.45, 2.75) is 0 Å². The largest absolute Gasteiger partial charge is 0.497 e. The molecule has 0 spiro atoms. The van der Waals surface area contributed by atoms with E-state index in [1.807, 2.05) is 24.3 Å². The van der Waals surface area contributed by atoms with Crippen LogP contribution < -0.4 is 10.5 Å². The van der Waals surface area contributed by atoms with Crippen LogP contribution in [-0.4, -0.2) is 17.1 Å². The van der Waals surface area contributed by atoms with E-state index in [0.29, 0.717) is 5.82 Å². The van der Waals surface area contributed by atoms with Crippen molar-refractivity contribution in [2.75, 3.05) is 12.8 Å². The van der Waals surface area contributed by atoms with E-state index in [9.17, 15) is 0 Å². The summed E-state index contributed by atoms with van der Waals surface area (Å²) in [6, 6.07) is 7.48. The summed E-state index contributed by atoms with van der Waals surface area (Å²) in [5.74, 6) is 1.15. The van der Waals surface area contributed by atoms with Crippen LogP contribution in [0.15, 0.2) is 30.5 Å². The number of ether oxygens (including phenoxy) is 1. The van der Waals surface area contributed by atoms with E-state index in [1.165, 1.54) is 0 Å². The molecule has 1 aromatic carbocycles. The van der Waals surface area contributed by atoms with E-state index < -0.39 is 0 Å². The third-order valence-corrected chi connectivity index (χ3v) is 2.37. The van der Waals surface area contributed by atoms with Gasteiger partial charge in [-0.05, 0) is 29.3 Å². The first kappa shape index (κ1) is 10.7. The van der Waals surface area contributed by atoms with Crippen LogP contribution in [0.5, 0.6) is 5.75 Å². The van der Waals surface area contributed by atoms with Crippen LogP contribution >= 0.6 is 11.6 Å². The van der Waals surface area contributed by atoms with Gasteiger partial charge in [-0.3, -0.25) is 0 Å². The molecule has 2 N–H and O–H groups in total. The van der Waals surface area contributed by atoms with Crippen LogP contribution in [-0.2, 0) is 0 Å². The fourth-order valence-electron chi connectivity index (χ4n) is 1.37. The van der Waals surface area contributed by atoms with Gasteiger partial charge in [0.1, 0.15) is 11.6 Å². The Bertz CT molecular complexity index is 499. The minimum atomic E-state index is 0.148. The molecule has 2 aromatic rings. The van der Waals surface area contributed by atoms with Crippen molar-refractivity contribution in [3.05, 3.63) is 35.7 Å². The highest BCUT2D eigenvalue weighted by molar-refractivity contribution is 6.28. The number of benzene rings is 1. The zero-order valence-corrected chi connectivity index (χ0v) is 9.40. The number of aromatic nitrogens is 2. The molecule has 16 heavy (non-hydrogen) atoms. The first-order chi connectivity index (χ1) is 7.70. The number of hydrogen-bond acceptors (Lipinski definition) is 4. The van der Waals surface area contributed by atoms with Gasteiger partial charge in [0.15, 0.2) is 0 Å². The van der Waals surface area contributed by atoms with Crippen molar-refractivity contribution in [3.63, 3.8) is 0 Å². The lowest BCUT2D eigenvalue weighted by molar-refractivity contribution is 0.415. The quantitative estimate of drug-likeness (QED) is 0.812. The second-order valence-corrected chi connectivity index (χ2v) is 3.50. The summed E-state index contributed by atoms with van der Waals surface area (Å²) < 4.78 is 5.07. The zero-order chi connectivity index (χ0) is 11.5. The van der Waals surface area contributed by atoms with Gasteiger partial charge in [-0.1, -0.05) is 12.1 Å². The molecule has 0 fully saturated rings. The Kier molecular flexibility index (Phi) is 2.92. The van der Waals surface area contributed by atoms with Gasteiger partial charge in [-0.25, -0.2) is 9.97 Å². The summed E-state index contributed by atoms with van der Waals surface area (Å²) in [6.07, 6.45) is 1.60. The molecule has 1 aromatic heterocycles. The SMILES string of the molecule is COc1ccc(-c2cnc(Cl)nc2N)cc1. The summed E-state index contributed by atoms with van der Waals surface area (Å²) in [4.78, 5) is 7.80. The normalized spacial score (nSPS) is 10.1. The molecule has 0 bridgehead atoms. The lowest BCUT2D eigenvalue weighted by atomic mass is 10.1. The predicted molar refractivity (Wildman–Crippen MR) is 63.4 cm³/mol. The molecule has 0 aliphatic carbocycles. The summed E-state index contributed by atoms with van der Waals surface area (Å²) in [5, 5.41) is 0.148. The van der Waals surface area contributed by atoms with E-state index in [1.54, 1.807) is 13.3 Å². The minimum Gasteiger partial charge on any atom is -0.497 e. The Morgan fingerprint density at radius 2 is 1.94 bits per heavy atom. The predicted octanol–water partition coefficient (Wildman–Crippen LogP) is 2.39. The Morgan fingerprint density at radius 1 is 1.25 bits per heavy atom. The second-order valence-electron chi connectivity index (χ2n) is 3.17. The lowest BCUT2D eigenvalue weighted by Crippen LogP contribution is -1.96. The molecule has 0 radical (unpaired) electrons. The number of nitrogen functional groups attached to an aromatic ring is 1. The van der Waals surface area contributed by atoms with Crippen LogP contribution in [0.3, 0.4) is 0 Å². The highest BCUT2D eigenvalue weighted by Crippen LogP contribution is 2.26. The summed E-state index contributed by atoms with van der Waals surface area (Å²) >= 11 is 5.63. The first-order valence-electron chi connectivity index (χ1n) is 4.63. The Morgan fingerprint density at radius 3 is 2.50 bits per heavy atom. The molecular formula is C11H10ClN3O. The van der Waals surface area contributed by atoms with Crippen molar-refractivity contribution in [3.8, 4) is 16.9 Å². The van der Waals surface area contributed by atoms with Crippen LogP contribution in [0, 0.1) is 0 Å². The van der Waals surface area contributed by atoms with E-state index >= 15 is 0 Å². The van der Waals surface area contributed by atoms with Gasteiger partial charge in [0.05, 0.1) is 7.11 Å². The third-order valence-electron chi connectivity index (χ3n) is 2.19. The van der Waals surface area contributed by atoms with Gasteiger partial charge in [0.2, 0.25) is 5.28 Å². The maximum atomic E-state index is 5.76. The highest BCUT2D eigenvalue weighted by atomic mass is 35.5. The highest BCUT2D eigenvalue weighted by Gasteiger charge is 2.05. The maximum absolute atomic E-state index is 5.76. The molecule has 5 heteroatoms. The van der Waals surface area contributed by atoms with Crippen molar-refractivity contribution in [1.82, 2.24) is 9.97 Å². The number of nitrogens with zero attached hydrogens (tertiary/aromatic N) is 2. The third kappa shape index (κ3) is 2.06. The fraction of sp³-hybridized carbons (Fsp3) is 0.0909. The molecule has 2 rings (SSSR count). The van der Waals surface area contributed by atoms with Gasteiger partial charge < -0.3 is 10.5 Å². The summed E-state index contributed by atoms with van der Waals surface area (Å²) in [7, 11) is 1.62. The molecule has 0 aliphatic heterocycles. The standard InChI is InChI=1S/C11H10ClN3O/c1-16-8-4-2-7(3-5-8)9-6-14-11(12)15-10(9)13/h2-6H,1H3,(H2,13,14,15). The number of rotatable bonds is 2. The zero-order valence-electron chi connectivity index (χ0n) is 8.64. The Hall–Kier alpha value is -1.81. The Labute approximate surface area is 98.0 Å². The van der Waals surface area contributed by atoms with Gasteiger partial charge >= 0.3 is 0 Å². The number of nitrogens with two attached hydrogens (primary N) is 1. The van der Waals surface area contributed by atoms with Crippen molar-refractivity contribution >= 4 is 17.4 Å². The number of methoxy groups -OCH3 is 1. The van der Waals surface area contributed by atoms with Gasteiger partial charge in [-0.15, -0.1) is 0 Å².